The van der Waals surface area contributed by atoms with Crippen molar-refractivity contribution in [1.82, 2.24) is 4.90 Å². The number of ether oxygens (including phenoxy) is 1. The molecular formula is C17H17N3O5. The Morgan fingerprint density at radius 2 is 1.88 bits per heavy atom. The van der Waals surface area contributed by atoms with E-state index < -0.39 is 10.6 Å². The second-order valence-corrected chi connectivity index (χ2v) is 5.95. The van der Waals surface area contributed by atoms with Crippen LogP contribution in [-0.2, 0) is 15.3 Å². The highest BCUT2D eigenvalue weighted by Gasteiger charge is 2.47. The summed E-state index contributed by atoms with van der Waals surface area (Å²) in [4.78, 5) is 18.4. The fourth-order valence-corrected chi connectivity index (χ4v) is 3.27. The zero-order valence-electron chi connectivity index (χ0n) is 13.5. The molecule has 0 radical (unpaired) electrons. The SMILES string of the molecule is O=[N+]([O-])c1ccc(C2=NOC(c3ccccc3)(N3CCOCC3)C2)o1. The number of nitrogens with zero attached hydrogens (tertiary/aromatic N) is 3. The van der Waals surface area contributed by atoms with Gasteiger partial charge in [-0.3, -0.25) is 15.0 Å². The molecule has 1 atom stereocenters. The Hall–Kier alpha value is -2.71. The molecule has 2 aliphatic heterocycles. The van der Waals surface area contributed by atoms with Gasteiger partial charge in [-0.05, 0) is 6.07 Å². The molecule has 8 nitrogen and oxygen atoms in total. The van der Waals surface area contributed by atoms with Crippen molar-refractivity contribution in [2.45, 2.75) is 12.1 Å². The number of nitro groups is 1. The number of oxime groups is 1. The van der Waals surface area contributed by atoms with Gasteiger partial charge < -0.3 is 14.0 Å². The van der Waals surface area contributed by atoms with Gasteiger partial charge in [0.15, 0.2) is 5.76 Å². The van der Waals surface area contributed by atoms with Crippen molar-refractivity contribution < 1.29 is 18.9 Å². The van der Waals surface area contributed by atoms with Gasteiger partial charge in [0.25, 0.3) is 0 Å². The standard InChI is InChI=1S/C17H17N3O5/c21-20(22)16-7-6-15(24-16)14-12-17(25-18-14,13-4-2-1-3-5-13)19-8-10-23-11-9-19/h1-7H,8-12H2. The minimum atomic E-state index is -0.748. The summed E-state index contributed by atoms with van der Waals surface area (Å²) in [6, 6.07) is 12.7. The van der Waals surface area contributed by atoms with Crippen molar-refractivity contribution in [3.63, 3.8) is 0 Å². The highest BCUT2D eigenvalue weighted by Crippen LogP contribution is 2.40. The van der Waals surface area contributed by atoms with E-state index in [9.17, 15) is 10.1 Å². The third-order valence-electron chi connectivity index (χ3n) is 4.52. The number of benzene rings is 1. The van der Waals surface area contributed by atoms with Crippen LogP contribution in [0.15, 0.2) is 52.0 Å². The van der Waals surface area contributed by atoms with E-state index in [1.165, 1.54) is 6.07 Å². The van der Waals surface area contributed by atoms with Crippen LogP contribution in [0.1, 0.15) is 17.7 Å². The first-order valence-corrected chi connectivity index (χ1v) is 8.07. The van der Waals surface area contributed by atoms with E-state index in [0.717, 1.165) is 18.7 Å². The maximum absolute atomic E-state index is 10.8. The van der Waals surface area contributed by atoms with Crippen molar-refractivity contribution in [3.8, 4) is 0 Å². The summed E-state index contributed by atoms with van der Waals surface area (Å²) in [5, 5.41) is 15.0. The predicted octanol–water partition coefficient (Wildman–Crippen LogP) is 2.50. The summed E-state index contributed by atoms with van der Waals surface area (Å²) >= 11 is 0. The monoisotopic (exact) mass is 343 g/mol. The Bertz CT molecular complexity index is 798. The maximum atomic E-state index is 10.8. The van der Waals surface area contributed by atoms with Gasteiger partial charge in [0, 0.05) is 18.7 Å². The maximum Gasteiger partial charge on any atom is 0.433 e. The number of hydrogen-bond donors (Lipinski definition) is 0. The summed E-state index contributed by atoms with van der Waals surface area (Å²) in [5.74, 6) is 0.0547. The second kappa shape index (κ2) is 6.30. The molecule has 8 heteroatoms. The largest absolute Gasteiger partial charge is 0.433 e. The van der Waals surface area contributed by atoms with Gasteiger partial charge in [-0.15, -0.1) is 0 Å². The summed E-state index contributed by atoms with van der Waals surface area (Å²) in [7, 11) is 0. The third-order valence-corrected chi connectivity index (χ3v) is 4.52. The molecule has 1 fully saturated rings. The Balaban J connectivity index is 1.66. The lowest BCUT2D eigenvalue weighted by molar-refractivity contribution is -0.402. The molecule has 0 spiro atoms. The number of hydrogen-bond acceptors (Lipinski definition) is 7. The van der Waals surface area contributed by atoms with Gasteiger partial charge in [-0.1, -0.05) is 35.5 Å². The first-order chi connectivity index (χ1) is 12.2. The molecule has 25 heavy (non-hydrogen) atoms. The van der Waals surface area contributed by atoms with Crippen LogP contribution in [0.2, 0.25) is 0 Å². The van der Waals surface area contributed by atoms with E-state index in [1.807, 2.05) is 30.3 Å². The van der Waals surface area contributed by atoms with E-state index in [4.69, 9.17) is 14.0 Å². The highest BCUT2D eigenvalue weighted by molar-refractivity contribution is 5.99. The topological polar surface area (TPSA) is 90.3 Å². The van der Waals surface area contributed by atoms with Crippen molar-refractivity contribution in [2.24, 2.45) is 5.16 Å². The van der Waals surface area contributed by atoms with E-state index >= 15 is 0 Å². The van der Waals surface area contributed by atoms with Gasteiger partial charge in [0.05, 0.1) is 25.7 Å². The minimum Gasteiger partial charge on any atom is -0.399 e. The number of furan rings is 1. The zero-order chi connectivity index (χ0) is 17.3. The average molecular weight is 343 g/mol. The van der Waals surface area contributed by atoms with Crippen LogP contribution >= 0.6 is 0 Å². The van der Waals surface area contributed by atoms with Crippen molar-refractivity contribution in [2.75, 3.05) is 26.3 Å². The Kier molecular flexibility index (Phi) is 3.98. The van der Waals surface area contributed by atoms with Crippen molar-refractivity contribution in [1.29, 1.82) is 0 Å². The molecule has 2 aromatic rings. The van der Waals surface area contributed by atoms with Crippen LogP contribution in [0, 0.1) is 10.1 Å². The van der Waals surface area contributed by atoms with Crippen LogP contribution in [0.25, 0.3) is 0 Å². The molecule has 3 heterocycles. The number of morpholine rings is 1. The normalized spacial score (nSPS) is 23.9. The third kappa shape index (κ3) is 2.79. The molecule has 1 aromatic carbocycles. The van der Waals surface area contributed by atoms with E-state index in [0.29, 0.717) is 31.1 Å². The first-order valence-electron chi connectivity index (χ1n) is 8.07. The van der Waals surface area contributed by atoms with Gasteiger partial charge in [-0.2, -0.15) is 0 Å². The molecule has 0 bridgehead atoms. The first kappa shape index (κ1) is 15.8. The zero-order valence-corrected chi connectivity index (χ0v) is 13.5. The Morgan fingerprint density at radius 3 is 2.56 bits per heavy atom. The van der Waals surface area contributed by atoms with Crippen LogP contribution < -0.4 is 0 Å². The van der Waals surface area contributed by atoms with E-state index in [-0.39, 0.29) is 5.88 Å². The predicted molar refractivity (Wildman–Crippen MR) is 88.1 cm³/mol. The molecule has 1 unspecified atom stereocenters. The lowest BCUT2D eigenvalue weighted by Gasteiger charge is -2.40. The Morgan fingerprint density at radius 1 is 1.12 bits per heavy atom. The fourth-order valence-electron chi connectivity index (χ4n) is 3.27. The molecule has 0 saturated carbocycles. The fraction of sp³-hybridized carbons (Fsp3) is 0.353. The van der Waals surface area contributed by atoms with Crippen LogP contribution in [0.5, 0.6) is 0 Å². The second-order valence-electron chi connectivity index (χ2n) is 5.95. The molecule has 1 saturated heterocycles. The average Bonchev–Trinajstić information content (AvgIpc) is 3.31. The molecule has 0 amide bonds. The van der Waals surface area contributed by atoms with E-state index in [2.05, 4.69) is 10.1 Å². The lowest BCUT2D eigenvalue weighted by atomic mass is 9.94. The van der Waals surface area contributed by atoms with Gasteiger partial charge in [0.2, 0.25) is 5.72 Å². The molecule has 0 N–H and O–H groups in total. The molecular weight excluding hydrogens is 326 g/mol. The summed E-state index contributed by atoms with van der Waals surface area (Å²) in [6.45, 7) is 2.69. The molecule has 1 aromatic heterocycles. The lowest BCUT2D eigenvalue weighted by Crippen LogP contribution is -2.51. The molecule has 130 valence electrons. The van der Waals surface area contributed by atoms with Gasteiger partial charge in [0.1, 0.15) is 10.6 Å². The Labute approximate surface area is 143 Å². The van der Waals surface area contributed by atoms with Gasteiger partial charge in [-0.25, -0.2) is 0 Å². The quantitative estimate of drug-likeness (QED) is 0.626. The van der Waals surface area contributed by atoms with E-state index in [1.54, 1.807) is 6.07 Å². The summed E-state index contributed by atoms with van der Waals surface area (Å²) in [5.41, 5.74) is 0.794. The van der Waals surface area contributed by atoms with Crippen LogP contribution in [0.4, 0.5) is 5.88 Å². The van der Waals surface area contributed by atoms with Crippen LogP contribution in [0.3, 0.4) is 0 Å². The highest BCUT2D eigenvalue weighted by atomic mass is 16.7. The molecule has 0 aliphatic carbocycles. The minimum absolute atomic E-state index is 0.304. The summed E-state index contributed by atoms with van der Waals surface area (Å²) in [6.07, 6.45) is 0.446. The molecule has 4 rings (SSSR count). The smallest absolute Gasteiger partial charge is 0.399 e. The summed E-state index contributed by atoms with van der Waals surface area (Å²) < 4.78 is 10.7. The number of rotatable bonds is 4. The van der Waals surface area contributed by atoms with Crippen molar-refractivity contribution in [3.05, 3.63) is 63.9 Å². The molecule has 2 aliphatic rings. The van der Waals surface area contributed by atoms with Gasteiger partial charge >= 0.3 is 5.88 Å². The van der Waals surface area contributed by atoms with Crippen molar-refractivity contribution >= 4 is 11.6 Å². The van der Waals surface area contributed by atoms with Crippen LogP contribution in [-0.4, -0.2) is 41.8 Å².